The van der Waals surface area contributed by atoms with Crippen LogP contribution in [0.4, 0.5) is 5.69 Å². The van der Waals surface area contributed by atoms with Crippen LogP contribution in [0.1, 0.15) is 10.4 Å². The van der Waals surface area contributed by atoms with Gasteiger partial charge in [-0.3, -0.25) is 5.32 Å². The summed E-state index contributed by atoms with van der Waals surface area (Å²) < 4.78 is 5.01. The molecule has 0 radical (unpaired) electrons. The number of hydrogen-bond donors (Lipinski definition) is 2. The number of rotatable bonds is 3. The Balaban J connectivity index is 3.27. The number of aliphatic imine (C=N–C) groups is 1. The molecule has 0 heterocycles. The number of nitriles is 1. The molecule has 1 aromatic carbocycles. The van der Waals surface area contributed by atoms with Gasteiger partial charge in [0.1, 0.15) is 5.75 Å². The highest BCUT2D eigenvalue weighted by Gasteiger charge is 2.11. The fraction of sp³-hybridized carbons (Fsp3) is 0.182. The van der Waals surface area contributed by atoms with Gasteiger partial charge in [-0.25, -0.2) is 9.79 Å². The molecule has 0 aliphatic heterocycles. The number of ether oxygens (including phenoxy) is 1. The predicted octanol–water partition coefficient (Wildman–Crippen LogP) is 1.81. The Labute approximate surface area is 108 Å². The number of carbonyl (C=O) groups is 1. The number of benzene rings is 1. The summed E-state index contributed by atoms with van der Waals surface area (Å²) in [5.74, 6) is -0.593. The van der Waals surface area contributed by atoms with Gasteiger partial charge in [0.15, 0.2) is 11.4 Å². The molecule has 7 heteroatoms. The second-order valence-corrected chi connectivity index (χ2v) is 3.84. The van der Waals surface area contributed by atoms with Gasteiger partial charge < -0.3 is 9.84 Å². The number of methoxy groups -OCH3 is 1. The van der Waals surface area contributed by atoms with Crippen molar-refractivity contribution in [2.45, 2.75) is 0 Å². The maximum Gasteiger partial charge on any atom is 0.337 e. The number of aromatic carboxylic acids is 1. The van der Waals surface area contributed by atoms with Crippen LogP contribution in [-0.2, 0) is 0 Å². The minimum absolute atomic E-state index is 0.0436. The molecule has 18 heavy (non-hydrogen) atoms. The quantitative estimate of drug-likeness (QED) is 0.374. The van der Waals surface area contributed by atoms with Crippen LogP contribution in [-0.4, -0.2) is 29.6 Å². The normalized spacial score (nSPS) is 10.6. The van der Waals surface area contributed by atoms with E-state index in [-0.39, 0.29) is 11.3 Å². The van der Waals surface area contributed by atoms with Crippen LogP contribution in [0.2, 0.25) is 0 Å². The van der Waals surface area contributed by atoms with Crippen molar-refractivity contribution >= 4 is 28.6 Å². The molecule has 0 spiro atoms. The molecular weight excluding hydrogens is 254 g/mol. The van der Waals surface area contributed by atoms with E-state index in [9.17, 15) is 4.79 Å². The second-order valence-electron chi connectivity index (χ2n) is 3.05. The van der Waals surface area contributed by atoms with E-state index in [1.165, 1.54) is 31.0 Å². The first kappa shape index (κ1) is 13.9. The van der Waals surface area contributed by atoms with Crippen molar-refractivity contribution < 1.29 is 14.6 Å². The van der Waals surface area contributed by atoms with E-state index in [2.05, 4.69) is 10.3 Å². The second kappa shape index (κ2) is 6.51. The van der Waals surface area contributed by atoms with Crippen LogP contribution in [0.15, 0.2) is 23.2 Å². The molecule has 0 amide bonds. The maximum absolute atomic E-state index is 11.0. The van der Waals surface area contributed by atoms with Crippen LogP contribution < -0.4 is 10.1 Å². The summed E-state index contributed by atoms with van der Waals surface area (Å²) >= 11 is 1.21. The number of nitrogens with one attached hydrogen (secondary N) is 1. The Morgan fingerprint density at radius 1 is 1.61 bits per heavy atom. The van der Waals surface area contributed by atoms with Crippen LogP contribution in [0.3, 0.4) is 0 Å². The highest BCUT2D eigenvalue weighted by Crippen LogP contribution is 2.26. The van der Waals surface area contributed by atoms with Crippen molar-refractivity contribution in [3.8, 4) is 11.9 Å². The third-order valence-corrected chi connectivity index (χ3v) is 2.59. The number of hydrogen-bond acceptors (Lipinski definition) is 5. The van der Waals surface area contributed by atoms with E-state index in [1.54, 1.807) is 18.5 Å². The van der Waals surface area contributed by atoms with Crippen LogP contribution in [0.25, 0.3) is 0 Å². The van der Waals surface area contributed by atoms with Gasteiger partial charge in [0.25, 0.3) is 0 Å². The molecule has 0 saturated carbocycles. The van der Waals surface area contributed by atoms with E-state index in [1.807, 2.05) is 0 Å². The Morgan fingerprint density at radius 3 is 2.83 bits per heavy atom. The van der Waals surface area contributed by atoms with Crippen LogP contribution in [0, 0.1) is 11.5 Å². The van der Waals surface area contributed by atoms with E-state index >= 15 is 0 Å². The van der Waals surface area contributed by atoms with E-state index in [0.717, 1.165) is 0 Å². The Kier molecular flexibility index (Phi) is 5.02. The summed E-state index contributed by atoms with van der Waals surface area (Å²) in [5, 5.41) is 20.3. The number of nitrogens with zero attached hydrogens (tertiary/aromatic N) is 2. The molecule has 0 fully saturated rings. The van der Waals surface area contributed by atoms with Gasteiger partial charge >= 0.3 is 5.97 Å². The Morgan fingerprint density at radius 2 is 2.33 bits per heavy atom. The zero-order chi connectivity index (χ0) is 13.5. The van der Waals surface area contributed by atoms with Gasteiger partial charge in [-0.05, 0) is 18.4 Å². The largest absolute Gasteiger partial charge is 0.497 e. The average Bonchev–Trinajstić information content (AvgIpc) is 2.37. The summed E-state index contributed by atoms with van der Waals surface area (Å²) in [4.78, 5) is 15.1. The molecule has 1 rings (SSSR count). The summed E-state index contributed by atoms with van der Waals surface area (Å²) in [7, 11) is 1.48. The van der Waals surface area contributed by atoms with Crippen molar-refractivity contribution in [2.24, 2.45) is 4.99 Å². The molecule has 0 bridgehead atoms. The third-order valence-electron chi connectivity index (χ3n) is 2.01. The lowest BCUT2D eigenvalue weighted by molar-refractivity contribution is 0.0698. The molecule has 1 aromatic rings. The lowest BCUT2D eigenvalue weighted by atomic mass is 10.2. The lowest BCUT2D eigenvalue weighted by Crippen LogP contribution is -2.12. The molecule has 0 saturated heterocycles. The summed E-state index contributed by atoms with van der Waals surface area (Å²) in [5.41, 5.74) is 0.274. The summed E-state index contributed by atoms with van der Waals surface area (Å²) in [6.07, 6.45) is 3.46. The van der Waals surface area contributed by atoms with Gasteiger partial charge in [-0.15, -0.1) is 0 Å². The van der Waals surface area contributed by atoms with Crippen molar-refractivity contribution in [3.05, 3.63) is 23.8 Å². The molecule has 0 unspecified atom stereocenters. The molecule has 0 aliphatic rings. The van der Waals surface area contributed by atoms with Crippen molar-refractivity contribution in [2.75, 3.05) is 13.4 Å². The number of carboxylic acid groups (broad SMARTS) is 1. The topological polar surface area (TPSA) is 94.7 Å². The van der Waals surface area contributed by atoms with Crippen molar-refractivity contribution in [1.82, 2.24) is 5.32 Å². The molecule has 0 aromatic heterocycles. The highest BCUT2D eigenvalue weighted by atomic mass is 32.2. The zero-order valence-electron chi connectivity index (χ0n) is 9.80. The number of amidine groups is 1. The standard InChI is InChI=1S/C11H11N3O3S/c1-17-7-3-4-8(10(15)16)9(5-7)14-11(18-2)13-6-12/h3-5H,1-2H3,(H,13,14)(H,15,16). The first-order valence-corrected chi connectivity index (χ1v) is 6.04. The summed E-state index contributed by atoms with van der Waals surface area (Å²) in [6, 6.07) is 4.45. The smallest absolute Gasteiger partial charge is 0.337 e. The molecule has 6 nitrogen and oxygen atoms in total. The van der Waals surface area contributed by atoms with Crippen LogP contribution in [0.5, 0.6) is 5.75 Å². The predicted molar refractivity (Wildman–Crippen MR) is 69.3 cm³/mol. The van der Waals surface area contributed by atoms with Gasteiger partial charge in [0.05, 0.1) is 18.4 Å². The van der Waals surface area contributed by atoms with Crippen LogP contribution >= 0.6 is 11.8 Å². The zero-order valence-corrected chi connectivity index (χ0v) is 10.6. The molecule has 94 valence electrons. The van der Waals surface area contributed by atoms with Gasteiger partial charge in [-0.2, -0.15) is 5.26 Å². The monoisotopic (exact) mass is 265 g/mol. The molecular formula is C11H11N3O3S. The SMILES string of the molecule is COc1ccc(C(=O)O)c(N=C(NC#N)SC)c1. The van der Waals surface area contributed by atoms with Crippen molar-refractivity contribution in [3.63, 3.8) is 0 Å². The minimum atomic E-state index is -1.09. The molecule has 0 atom stereocenters. The maximum atomic E-state index is 11.0. The van der Waals surface area contributed by atoms with Gasteiger partial charge in [0, 0.05) is 6.07 Å². The van der Waals surface area contributed by atoms with Gasteiger partial charge in [0.2, 0.25) is 0 Å². The average molecular weight is 265 g/mol. The van der Waals surface area contributed by atoms with E-state index in [0.29, 0.717) is 10.9 Å². The Bertz CT molecular complexity index is 523. The first-order valence-electron chi connectivity index (χ1n) is 4.81. The Hall–Kier alpha value is -2.20. The van der Waals surface area contributed by atoms with Gasteiger partial charge in [-0.1, -0.05) is 11.8 Å². The minimum Gasteiger partial charge on any atom is -0.497 e. The number of thioether (sulfide) groups is 1. The first-order chi connectivity index (χ1) is 8.62. The fourth-order valence-electron chi connectivity index (χ4n) is 1.19. The summed E-state index contributed by atoms with van der Waals surface area (Å²) in [6.45, 7) is 0. The lowest BCUT2D eigenvalue weighted by Gasteiger charge is -2.06. The van der Waals surface area contributed by atoms with E-state index in [4.69, 9.17) is 15.1 Å². The fourth-order valence-corrected chi connectivity index (χ4v) is 1.53. The van der Waals surface area contributed by atoms with E-state index < -0.39 is 5.97 Å². The third kappa shape index (κ3) is 3.40. The van der Waals surface area contributed by atoms with Crippen molar-refractivity contribution in [1.29, 1.82) is 5.26 Å². The highest BCUT2D eigenvalue weighted by molar-refractivity contribution is 8.13. The molecule has 2 N–H and O–H groups in total. The number of carboxylic acids is 1. The molecule has 0 aliphatic carbocycles.